The lowest BCUT2D eigenvalue weighted by atomic mass is 10.0. The number of aromatic hydroxyl groups is 1. The van der Waals surface area contributed by atoms with Crippen molar-refractivity contribution >= 4 is 16.9 Å². The van der Waals surface area contributed by atoms with Gasteiger partial charge < -0.3 is 20.7 Å². The van der Waals surface area contributed by atoms with Crippen LogP contribution >= 0.6 is 0 Å². The molecule has 6 nitrogen and oxygen atoms in total. The lowest BCUT2D eigenvalue weighted by Crippen LogP contribution is -2.43. The van der Waals surface area contributed by atoms with Gasteiger partial charge in [-0.1, -0.05) is 33.1 Å². The van der Waals surface area contributed by atoms with Crippen molar-refractivity contribution in [1.29, 1.82) is 0 Å². The number of amides is 1. The number of phenolic OH excluding ortho intramolecular Hbond substituents is 1. The van der Waals surface area contributed by atoms with Crippen LogP contribution in [-0.4, -0.2) is 40.1 Å². The quantitative estimate of drug-likeness (QED) is 0.610. The number of nitrogens with zero attached hydrogens (tertiary/aromatic N) is 1. The fraction of sp³-hybridized carbons (Fsp3) is 0.600. The minimum absolute atomic E-state index is 0.131. The summed E-state index contributed by atoms with van der Waals surface area (Å²) in [6.45, 7) is 5.92. The number of benzene rings is 1. The summed E-state index contributed by atoms with van der Waals surface area (Å²) in [5, 5.41) is 16.6. The standard InChI is InChI=1S/C20H30N4O2/c1-3-4-7-13(2)19-23-17-15(9-10-16(25)18(17)24-19)20(26)22-12-14-8-5-6-11-21-14/h9-10,13-14,21,25H,3-8,11-12H2,1-2H3,(H,22,26)(H,23,24). The topological polar surface area (TPSA) is 90.0 Å². The maximum absolute atomic E-state index is 12.7. The van der Waals surface area contributed by atoms with E-state index in [-0.39, 0.29) is 17.6 Å². The summed E-state index contributed by atoms with van der Waals surface area (Å²) < 4.78 is 0. The predicted molar refractivity (Wildman–Crippen MR) is 104 cm³/mol. The highest BCUT2D eigenvalue weighted by molar-refractivity contribution is 6.06. The monoisotopic (exact) mass is 358 g/mol. The Hall–Kier alpha value is -2.08. The van der Waals surface area contributed by atoms with E-state index in [1.165, 1.54) is 12.8 Å². The third kappa shape index (κ3) is 4.18. The number of aromatic nitrogens is 2. The molecule has 0 bridgehead atoms. The number of carbonyl (C=O) groups is 1. The highest BCUT2D eigenvalue weighted by atomic mass is 16.3. The van der Waals surface area contributed by atoms with E-state index < -0.39 is 0 Å². The Bertz CT molecular complexity index is 750. The molecule has 4 N–H and O–H groups in total. The van der Waals surface area contributed by atoms with E-state index in [9.17, 15) is 9.90 Å². The molecule has 1 fully saturated rings. The Labute approximate surface area is 154 Å². The maximum Gasteiger partial charge on any atom is 0.253 e. The Morgan fingerprint density at radius 2 is 2.27 bits per heavy atom. The first-order valence-corrected chi connectivity index (χ1v) is 9.83. The molecule has 2 unspecified atom stereocenters. The Balaban J connectivity index is 1.77. The van der Waals surface area contributed by atoms with E-state index in [0.717, 1.165) is 38.1 Å². The van der Waals surface area contributed by atoms with Crippen molar-refractivity contribution in [3.63, 3.8) is 0 Å². The molecule has 2 atom stereocenters. The van der Waals surface area contributed by atoms with Gasteiger partial charge in [0.15, 0.2) is 0 Å². The number of fused-ring (bicyclic) bond motifs is 1. The van der Waals surface area contributed by atoms with Gasteiger partial charge in [-0.3, -0.25) is 4.79 Å². The summed E-state index contributed by atoms with van der Waals surface area (Å²) >= 11 is 0. The molecule has 1 aliphatic heterocycles. The first-order chi connectivity index (χ1) is 12.6. The van der Waals surface area contributed by atoms with Crippen molar-refractivity contribution in [2.75, 3.05) is 13.1 Å². The molecule has 0 radical (unpaired) electrons. The molecule has 26 heavy (non-hydrogen) atoms. The second-order valence-corrected chi connectivity index (χ2v) is 7.38. The SMILES string of the molecule is CCCCC(C)c1nc2c(C(=O)NCC3CCCCN3)ccc(O)c2[nH]1. The summed E-state index contributed by atoms with van der Waals surface area (Å²) in [6, 6.07) is 3.56. The number of imidazole rings is 1. The van der Waals surface area contributed by atoms with E-state index in [1.807, 2.05) is 0 Å². The molecular formula is C20H30N4O2. The minimum Gasteiger partial charge on any atom is -0.506 e. The lowest BCUT2D eigenvalue weighted by molar-refractivity contribution is 0.0949. The molecule has 1 amide bonds. The van der Waals surface area contributed by atoms with Crippen LogP contribution in [0.15, 0.2) is 12.1 Å². The van der Waals surface area contributed by atoms with Gasteiger partial charge in [0.1, 0.15) is 22.6 Å². The van der Waals surface area contributed by atoms with Crippen molar-refractivity contribution in [3.8, 4) is 5.75 Å². The number of hydrogen-bond acceptors (Lipinski definition) is 4. The van der Waals surface area contributed by atoms with Crippen LogP contribution in [0.1, 0.15) is 74.5 Å². The molecule has 142 valence electrons. The number of rotatable bonds is 7. The fourth-order valence-electron chi connectivity index (χ4n) is 3.57. The minimum atomic E-state index is -0.137. The van der Waals surface area contributed by atoms with Crippen LogP contribution in [0, 0.1) is 0 Å². The molecule has 2 heterocycles. The normalized spacial score (nSPS) is 18.8. The van der Waals surface area contributed by atoms with Crippen LogP contribution in [0.2, 0.25) is 0 Å². The average Bonchev–Trinajstić information content (AvgIpc) is 3.11. The molecule has 0 saturated carbocycles. The molecular weight excluding hydrogens is 328 g/mol. The van der Waals surface area contributed by atoms with Crippen LogP contribution in [0.3, 0.4) is 0 Å². The third-order valence-electron chi connectivity index (χ3n) is 5.26. The molecule has 2 aromatic rings. The number of unbranched alkanes of at least 4 members (excludes halogenated alkanes) is 1. The highest BCUT2D eigenvalue weighted by Crippen LogP contribution is 2.29. The number of hydrogen-bond donors (Lipinski definition) is 4. The zero-order chi connectivity index (χ0) is 18.5. The zero-order valence-corrected chi connectivity index (χ0v) is 15.8. The van der Waals surface area contributed by atoms with Crippen LogP contribution in [0.25, 0.3) is 11.0 Å². The Kier molecular flexibility index (Phi) is 6.14. The highest BCUT2D eigenvalue weighted by Gasteiger charge is 2.20. The van der Waals surface area contributed by atoms with Crippen LogP contribution < -0.4 is 10.6 Å². The van der Waals surface area contributed by atoms with E-state index >= 15 is 0 Å². The van der Waals surface area contributed by atoms with Gasteiger partial charge in [-0.05, 0) is 37.9 Å². The van der Waals surface area contributed by atoms with Crippen molar-refractivity contribution in [2.24, 2.45) is 0 Å². The fourth-order valence-corrected chi connectivity index (χ4v) is 3.57. The van der Waals surface area contributed by atoms with Crippen molar-refractivity contribution < 1.29 is 9.90 Å². The summed E-state index contributed by atoms with van der Waals surface area (Å²) in [6.07, 6.45) is 6.80. The first kappa shape index (κ1) is 18.7. The van der Waals surface area contributed by atoms with Crippen molar-refractivity contribution in [1.82, 2.24) is 20.6 Å². The van der Waals surface area contributed by atoms with E-state index in [0.29, 0.717) is 29.2 Å². The molecule has 1 aromatic carbocycles. The van der Waals surface area contributed by atoms with Gasteiger partial charge in [0.2, 0.25) is 0 Å². The van der Waals surface area contributed by atoms with Gasteiger partial charge in [0, 0.05) is 18.5 Å². The molecule has 0 spiro atoms. The van der Waals surface area contributed by atoms with Crippen LogP contribution in [0.4, 0.5) is 0 Å². The summed E-state index contributed by atoms with van der Waals surface area (Å²) in [7, 11) is 0. The molecule has 1 aliphatic rings. The second kappa shape index (κ2) is 8.54. The Morgan fingerprint density at radius 1 is 1.42 bits per heavy atom. The number of nitrogens with one attached hydrogen (secondary N) is 3. The molecule has 3 rings (SSSR count). The number of aromatic amines is 1. The van der Waals surface area contributed by atoms with Gasteiger partial charge >= 0.3 is 0 Å². The van der Waals surface area contributed by atoms with Crippen molar-refractivity contribution in [2.45, 2.75) is 64.3 Å². The molecule has 1 saturated heterocycles. The van der Waals surface area contributed by atoms with Gasteiger partial charge in [-0.25, -0.2) is 4.98 Å². The van der Waals surface area contributed by atoms with Gasteiger partial charge in [0.25, 0.3) is 5.91 Å². The zero-order valence-electron chi connectivity index (χ0n) is 15.8. The van der Waals surface area contributed by atoms with E-state index in [4.69, 9.17) is 0 Å². The lowest BCUT2D eigenvalue weighted by Gasteiger charge is -2.23. The molecule has 1 aromatic heterocycles. The predicted octanol–water partition coefficient (Wildman–Crippen LogP) is 3.43. The van der Waals surface area contributed by atoms with Crippen LogP contribution in [0.5, 0.6) is 5.75 Å². The number of carbonyl (C=O) groups excluding carboxylic acids is 1. The molecule has 6 heteroatoms. The maximum atomic E-state index is 12.7. The summed E-state index contributed by atoms with van der Waals surface area (Å²) in [5.74, 6) is 1.09. The number of H-pyrrole nitrogens is 1. The van der Waals surface area contributed by atoms with Gasteiger partial charge in [-0.15, -0.1) is 0 Å². The van der Waals surface area contributed by atoms with E-state index in [2.05, 4.69) is 34.4 Å². The van der Waals surface area contributed by atoms with Gasteiger partial charge in [-0.2, -0.15) is 0 Å². The van der Waals surface area contributed by atoms with E-state index in [1.54, 1.807) is 12.1 Å². The second-order valence-electron chi connectivity index (χ2n) is 7.38. The smallest absolute Gasteiger partial charge is 0.253 e. The average molecular weight is 358 g/mol. The summed E-state index contributed by atoms with van der Waals surface area (Å²) in [5.41, 5.74) is 1.61. The third-order valence-corrected chi connectivity index (χ3v) is 5.26. The molecule has 0 aliphatic carbocycles. The largest absolute Gasteiger partial charge is 0.506 e. The summed E-state index contributed by atoms with van der Waals surface area (Å²) in [4.78, 5) is 20.6. The number of phenols is 1. The number of piperidine rings is 1. The van der Waals surface area contributed by atoms with Crippen LogP contribution in [-0.2, 0) is 0 Å². The van der Waals surface area contributed by atoms with Gasteiger partial charge in [0.05, 0.1) is 5.56 Å². The first-order valence-electron chi connectivity index (χ1n) is 9.83. The van der Waals surface area contributed by atoms with Crippen molar-refractivity contribution in [3.05, 3.63) is 23.5 Å². The Morgan fingerprint density at radius 3 is 3.00 bits per heavy atom.